The quantitative estimate of drug-likeness (QED) is 0.753. The lowest BCUT2D eigenvalue weighted by molar-refractivity contribution is -0.912. The van der Waals surface area contributed by atoms with E-state index in [1.165, 1.54) is 12.0 Å². The van der Waals surface area contributed by atoms with Crippen LogP contribution < -0.4 is 10.5 Å². The number of nitrogens with zero attached hydrogens (tertiary/aromatic N) is 1. The Morgan fingerprint density at radius 1 is 1.50 bits per heavy atom. The van der Waals surface area contributed by atoms with Crippen LogP contribution in [0.5, 0.6) is 0 Å². The summed E-state index contributed by atoms with van der Waals surface area (Å²) in [4.78, 5) is 32.3. The van der Waals surface area contributed by atoms with Gasteiger partial charge in [0.15, 0.2) is 11.1 Å². The number of H-pyrrole nitrogens is 1. The fraction of sp³-hybridized carbons (Fsp3) is 0.400. The number of esters is 1. The number of quaternary nitrogens is 1. The lowest BCUT2D eigenvalue weighted by atomic mass is 10.2. The molecule has 2 N–H and O–H groups in total. The molecule has 0 aliphatic carbocycles. The first-order chi connectivity index (χ1) is 10.7. The number of hydrogen-bond donors (Lipinski definition) is 2. The van der Waals surface area contributed by atoms with Gasteiger partial charge in [-0.1, -0.05) is 12.1 Å². The van der Waals surface area contributed by atoms with E-state index < -0.39 is 0 Å². The number of aromatic amines is 1. The number of rotatable bonds is 3. The highest BCUT2D eigenvalue weighted by Crippen LogP contribution is 2.13. The number of thioether (sulfide) groups is 1. The first-order valence-corrected chi connectivity index (χ1v) is 8.23. The van der Waals surface area contributed by atoms with Gasteiger partial charge in [-0.25, -0.2) is 4.98 Å². The van der Waals surface area contributed by atoms with Gasteiger partial charge >= 0.3 is 5.97 Å². The van der Waals surface area contributed by atoms with Gasteiger partial charge in [0.25, 0.3) is 5.56 Å². The fourth-order valence-electron chi connectivity index (χ4n) is 2.67. The number of ether oxygens (including phenoxy) is 1. The van der Waals surface area contributed by atoms with Gasteiger partial charge in [0.1, 0.15) is 13.1 Å². The van der Waals surface area contributed by atoms with Crippen LogP contribution in [0.2, 0.25) is 0 Å². The molecular formula is C15H18N3O3S+. The van der Waals surface area contributed by atoms with Gasteiger partial charge in [-0.15, -0.1) is 11.8 Å². The predicted molar refractivity (Wildman–Crippen MR) is 85.0 cm³/mol. The van der Waals surface area contributed by atoms with Crippen LogP contribution in [0.15, 0.2) is 29.1 Å². The summed E-state index contributed by atoms with van der Waals surface area (Å²) in [6.45, 7) is 2.23. The highest BCUT2D eigenvalue weighted by molar-refractivity contribution is 8.00. The molecule has 1 aliphatic rings. The number of aromatic nitrogens is 2. The van der Waals surface area contributed by atoms with Gasteiger partial charge in [-0.05, 0) is 12.1 Å². The zero-order valence-corrected chi connectivity index (χ0v) is 13.1. The summed E-state index contributed by atoms with van der Waals surface area (Å²) >= 11 is 1.63. The molecule has 1 aromatic carbocycles. The van der Waals surface area contributed by atoms with Crippen molar-refractivity contribution >= 4 is 28.6 Å². The van der Waals surface area contributed by atoms with Crippen LogP contribution >= 0.6 is 11.8 Å². The van der Waals surface area contributed by atoms with Crippen LogP contribution in [-0.4, -0.2) is 47.1 Å². The number of nitrogens with one attached hydrogen (secondary N) is 2. The van der Waals surface area contributed by atoms with Crippen molar-refractivity contribution in [3.8, 4) is 0 Å². The Bertz CT molecular complexity index is 746. The third-order valence-corrected chi connectivity index (χ3v) is 4.99. The maximum absolute atomic E-state index is 12.1. The molecule has 2 atom stereocenters. The maximum atomic E-state index is 12.1. The molecule has 2 aromatic rings. The van der Waals surface area contributed by atoms with E-state index >= 15 is 0 Å². The molecule has 116 valence electrons. The number of benzene rings is 1. The molecule has 1 aromatic heterocycles. The van der Waals surface area contributed by atoms with E-state index in [1.807, 2.05) is 18.2 Å². The summed E-state index contributed by atoms with van der Waals surface area (Å²) in [6.07, 6.45) is 0. The van der Waals surface area contributed by atoms with Crippen LogP contribution in [-0.2, 0) is 16.1 Å². The first kappa shape index (κ1) is 15.1. The average molecular weight is 320 g/mol. The standard InChI is InChI=1S/C15H17N3O3S/c1-21-15(20)12-8-18(6-7-22-12)9-13-16-11-5-3-2-4-10(11)14(19)17-13/h2-5,12H,6-9H2,1H3,(H,16,17,19)/p+1/t12-/m1/s1. The zero-order valence-electron chi connectivity index (χ0n) is 12.3. The molecule has 3 rings (SSSR count). The number of fused-ring (bicyclic) bond motifs is 1. The molecule has 1 unspecified atom stereocenters. The maximum Gasteiger partial charge on any atom is 0.324 e. The van der Waals surface area contributed by atoms with E-state index in [-0.39, 0.29) is 16.8 Å². The van der Waals surface area contributed by atoms with E-state index in [2.05, 4.69) is 9.97 Å². The Morgan fingerprint density at radius 3 is 3.14 bits per heavy atom. The second kappa shape index (κ2) is 6.50. The molecule has 0 bridgehead atoms. The number of methoxy groups -OCH3 is 1. The molecule has 6 nitrogen and oxygen atoms in total. The van der Waals surface area contributed by atoms with Gasteiger partial charge in [-0.2, -0.15) is 0 Å². The number of carbonyl (C=O) groups excluding carboxylic acids is 1. The Balaban J connectivity index is 1.78. The molecule has 1 saturated heterocycles. The van der Waals surface area contributed by atoms with Gasteiger partial charge < -0.3 is 14.6 Å². The van der Waals surface area contributed by atoms with Crippen LogP contribution in [0, 0.1) is 0 Å². The normalized spacial score (nSPS) is 21.7. The van der Waals surface area contributed by atoms with Crippen LogP contribution in [0.1, 0.15) is 5.82 Å². The van der Waals surface area contributed by atoms with E-state index in [9.17, 15) is 9.59 Å². The minimum absolute atomic E-state index is 0.115. The van der Waals surface area contributed by atoms with Gasteiger partial charge in [-0.3, -0.25) is 9.59 Å². The smallest absolute Gasteiger partial charge is 0.324 e. The Kier molecular flexibility index (Phi) is 4.44. The van der Waals surface area contributed by atoms with Crippen LogP contribution in [0.4, 0.5) is 0 Å². The van der Waals surface area contributed by atoms with Crippen molar-refractivity contribution < 1.29 is 14.4 Å². The molecule has 7 heteroatoms. The van der Waals surface area contributed by atoms with Crippen LogP contribution in [0.3, 0.4) is 0 Å². The largest absolute Gasteiger partial charge is 0.468 e. The Morgan fingerprint density at radius 2 is 2.32 bits per heavy atom. The topological polar surface area (TPSA) is 76.5 Å². The zero-order chi connectivity index (χ0) is 15.5. The second-order valence-electron chi connectivity index (χ2n) is 5.29. The van der Waals surface area contributed by atoms with Crippen molar-refractivity contribution in [2.24, 2.45) is 0 Å². The number of hydrogen-bond acceptors (Lipinski definition) is 5. The van der Waals surface area contributed by atoms with Crippen molar-refractivity contribution in [3.63, 3.8) is 0 Å². The highest BCUT2D eigenvalue weighted by Gasteiger charge is 2.30. The van der Waals surface area contributed by atoms with Crippen molar-refractivity contribution in [1.29, 1.82) is 0 Å². The summed E-state index contributed by atoms with van der Waals surface area (Å²) in [5.41, 5.74) is 0.590. The van der Waals surface area contributed by atoms with Crippen molar-refractivity contribution in [2.45, 2.75) is 11.8 Å². The lowest BCUT2D eigenvalue weighted by Gasteiger charge is -2.27. The molecule has 0 radical (unpaired) electrons. The molecule has 0 saturated carbocycles. The lowest BCUT2D eigenvalue weighted by Crippen LogP contribution is -3.13. The predicted octanol–water partition coefficient (Wildman–Crippen LogP) is -0.404. The third-order valence-electron chi connectivity index (χ3n) is 3.79. The summed E-state index contributed by atoms with van der Waals surface area (Å²) < 4.78 is 4.82. The van der Waals surface area contributed by atoms with E-state index in [0.717, 1.165) is 12.3 Å². The van der Waals surface area contributed by atoms with E-state index in [0.29, 0.717) is 29.8 Å². The van der Waals surface area contributed by atoms with Crippen molar-refractivity contribution in [2.75, 3.05) is 26.0 Å². The molecular weight excluding hydrogens is 302 g/mol. The summed E-state index contributed by atoms with van der Waals surface area (Å²) in [6, 6.07) is 7.30. The summed E-state index contributed by atoms with van der Waals surface area (Å²) in [5.74, 6) is 1.38. The molecule has 1 fully saturated rings. The molecule has 0 amide bonds. The van der Waals surface area contributed by atoms with Gasteiger partial charge in [0, 0.05) is 5.75 Å². The monoisotopic (exact) mass is 320 g/mol. The minimum Gasteiger partial charge on any atom is -0.468 e. The average Bonchev–Trinajstić information content (AvgIpc) is 2.54. The second-order valence-corrected chi connectivity index (χ2v) is 6.60. The Hall–Kier alpha value is -1.86. The van der Waals surface area contributed by atoms with Crippen molar-refractivity contribution in [3.05, 3.63) is 40.4 Å². The van der Waals surface area contributed by atoms with Gasteiger partial charge in [0.05, 0.1) is 24.6 Å². The molecule has 2 heterocycles. The summed E-state index contributed by atoms with van der Waals surface area (Å²) in [7, 11) is 1.42. The molecule has 1 aliphatic heterocycles. The van der Waals surface area contributed by atoms with E-state index in [1.54, 1.807) is 17.8 Å². The Labute approximate surface area is 131 Å². The third kappa shape index (κ3) is 3.15. The van der Waals surface area contributed by atoms with Crippen molar-refractivity contribution in [1.82, 2.24) is 9.97 Å². The van der Waals surface area contributed by atoms with E-state index in [4.69, 9.17) is 4.74 Å². The summed E-state index contributed by atoms with van der Waals surface area (Å²) in [5, 5.41) is 0.462. The van der Waals surface area contributed by atoms with Gasteiger partial charge in [0.2, 0.25) is 0 Å². The highest BCUT2D eigenvalue weighted by atomic mass is 32.2. The molecule has 0 spiro atoms. The molecule has 22 heavy (non-hydrogen) atoms. The SMILES string of the molecule is COC(=O)[C@H]1C[NH+](Cc2nc3ccccc3c(=O)[nH]2)CCS1. The number of para-hydroxylation sites is 1. The minimum atomic E-state index is -0.179. The van der Waals surface area contributed by atoms with Crippen LogP contribution in [0.25, 0.3) is 10.9 Å². The fourth-order valence-corrected chi connectivity index (χ4v) is 3.94. The first-order valence-electron chi connectivity index (χ1n) is 7.18. The number of carbonyl (C=O) groups is 1.